The van der Waals surface area contributed by atoms with Crippen LogP contribution >= 0.6 is 0 Å². The van der Waals surface area contributed by atoms with Gasteiger partial charge in [-0.15, -0.1) is 0 Å². The summed E-state index contributed by atoms with van der Waals surface area (Å²) in [5, 5.41) is 12.4. The number of methoxy groups -OCH3 is 1. The number of aromatic nitrogens is 3. The van der Waals surface area contributed by atoms with Crippen molar-refractivity contribution in [1.29, 1.82) is 0 Å². The minimum atomic E-state index is -0.334. The quantitative estimate of drug-likeness (QED) is 0.238. The maximum Gasteiger partial charge on any atom is 0.410 e. The lowest BCUT2D eigenvalue weighted by molar-refractivity contribution is -0.128. The molecule has 12 heteroatoms. The Balaban J connectivity index is 0.999. The second-order valence-corrected chi connectivity index (χ2v) is 14.4. The normalized spacial score (nSPS) is 24.7. The van der Waals surface area contributed by atoms with E-state index in [1.807, 2.05) is 25.3 Å². The molecule has 0 bridgehead atoms. The van der Waals surface area contributed by atoms with E-state index in [4.69, 9.17) is 38.7 Å². The first-order chi connectivity index (χ1) is 24.4. The third-order valence-electron chi connectivity index (χ3n) is 10.9. The summed E-state index contributed by atoms with van der Waals surface area (Å²) in [7, 11) is 1.67. The number of carbonyl (C=O) groups is 2. The molecule has 3 aromatic rings. The van der Waals surface area contributed by atoms with Gasteiger partial charge in [0.25, 0.3) is 0 Å². The highest BCUT2D eigenvalue weighted by Crippen LogP contribution is 2.43. The lowest BCUT2D eigenvalue weighted by Crippen LogP contribution is -2.55. The monoisotopic (exact) mass is 687 g/mol. The highest BCUT2D eigenvalue weighted by atomic mass is 16.6. The standard InChI is InChI=1S/C38H49N5O7/c1-23-34(47-2)14-13-31(40-23)24-3-5-25(6-4-24)35(32-19-28(15-16-39-32)33-22-49-37(41-33)27-7-8-27)42-36(45)26-9-11-29(12-10-26)50-38(46)43-20-30(21-43)48-18-17-44/h13-16,19,22,24-27,29-30,35,44H,3-12,17-18,20-21H2,1-2H3,(H,42,45). The number of oxazole rings is 1. The van der Waals surface area contributed by atoms with Gasteiger partial charge >= 0.3 is 6.09 Å². The van der Waals surface area contributed by atoms with Gasteiger partial charge < -0.3 is 34.0 Å². The number of carbonyl (C=O) groups excluding carboxylic acids is 2. The molecule has 0 spiro atoms. The van der Waals surface area contributed by atoms with Crippen LogP contribution in [-0.4, -0.2) is 82.6 Å². The van der Waals surface area contributed by atoms with Crippen LogP contribution in [0.5, 0.6) is 5.75 Å². The molecule has 0 radical (unpaired) electrons. The summed E-state index contributed by atoms with van der Waals surface area (Å²) in [5.74, 6) is 2.47. The SMILES string of the molecule is COc1ccc(C2CCC(C(NC(=O)C3CCC(OC(=O)N4CC(OCCO)C4)CC3)c3cc(-c4coc(C5CC5)n4)ccn3)CC2)nc1C. The molecule has 50 heavy (non-hydrogen) atoms. The number of nitrogens with one attached hydrogen (secondary N) is 1. The number of amides is 2. The van der Waals surface area contributed by atoms with E-state index < -0.39 is 0 Å². The number of hydrogen-bond donors (Lipinski definition) is 2. The molecular weight excluding hydrogens is 638 g/mol. The van der Waals surface area contributed by atoms with E-state index in [0.29, 0.717) is 50.6 Å². The Kier molecular flexibility index (Phi) is 10.6. The van der Waals surface area contributed by atoms with Crippen LogP contribution in [0, 0.1) is 18.8 Å². The van der Waals surface area contributed by atoms with Crippen LogP contribution in [0.2, 0.25) is 0 Å². The number of aliphatic hydroxyl groups is 1. The van der Waals surface area contributed by atoms with Crippen LogP contribution in [-0.2, 0) is 14.3 Å². The molecule has 7 rings (SSSR count). The number of ether oxygens (including phenoxy) is 3. The van der Waals surface area contributed by atoms with Crippen molar-refractivity contribution in [2.45, 2.75) is 101 Å². The van der Waals surface area contributed by atoms with E-state index in [1.54, 1.807) is 18.3 Å². The Bertz CT molecular complexity index is 1620. The number of aliphatic hydroxyl groups excluding tert-OH is 1. The number of likely N-dealkylation sites (tertiary alicyclic amines) is 1. The average Bonchev–Trinajstić information content (AvgIpc) is 3.86. The topological polar surface area (TPSA) is 149 Å². The Hall–Kier alpha value is -4.03. The molecule has 1 aliphatic heterocycles. The first-order valence-electron chi connectivity index (χ1n) is 18.3. The van der Waals surface area contributed by atoms with E-state index in [2.05, 4.69) is 17.4 Å². The summed E-state index contributed by atoms with van der Waals surface area (Å²) in [6.07, 6.45) is 11.6. The Morgan fingerprint density at radius 2 is 1.74 bits per heavy atom. The fourth-order valence-electron chi connectivity index (χ4n) is 7.75. The van der Waals surface area contributed by atoms with Crippen molar-refractivity contribution in [2.75, 3.05) is 33.4 Å². The van der Waals surface area contributed by atoms with E-state index in [-0.39, 0.29) is 55.3 Å². The second kappa shape index (κ2) is 15.5. The smallest absolute Gasteiger partial charge is 0.410 e. The number of nitrogens with zero attached hydrogens (tertiary/aromatic N) is 4. The Labute approximate surface area is 293 Å². The van der Waals surface area contributed by atoms with Gasteiger partial charge in [-0.25, -0.2) is 9.78 Å². The number of pyridine rings is 2. The summed E-state index contributed by atoms with van der Waals surface area (Å²) in [4.78, 5) is 42.6. The molecule has 2 amide bonds. The van der Waals surface area contributed by atoms with Crippen molar-refractivity contribution in [3.63, 3.8) is 0 Å². The van der Waals surface area contributed by atoms with Crippen molar-refractivity contribution >= 4 is 12.0 Å². The van der Waals surface area contributed by atoms with Gasteiger partial charge in [0.2, 0.25) is 5.91 Å². The third kappa shape index (κ3) is 7.96. The molecule has 3 aromatic heterocycles. The zero-order valence-corrected chi connectivity index (χ0v) is 29.1. The van der Waals surface area contributed by atoms with Crippen LogP contribution in [0.3, 0.4) is 0 Å². The summed E-state index contributed by atoms with van der Waals surface area (Å²) in [5.41, 5.74) is 4.57. The van der Waals surface area contributed by atoms with Crippen molar-refractivity contribution in [3.05, 3.63) is 59.7 Å². The molecule has 3 aliphatic carbocycles. The molecule has 268 valence electrons. The number of aryl methyl sites for hydroxylation is 1. The summed E-state index contributed by atoms with van der Waals surface area (Å²) in [6.45, 7) is 3.17. The van der Waals surface area contributed by atoms with Gasteiger partial charge in [0.05, 0.1) is 56.9 Å². The predicted octanol–water partition coefficient (Wildman–Crippen LogP) is 5.85. The first-order valence-corrected chi connectivity index (χ1v) is 18.3. The van der Waals surface area contributed by atoms with Crippen molar-refractivity contribution in [3.8, 4) is 17.0 Å². The molecule has 1 atom stereocenters. The molecule has 4 fully saturated rings. The van der Waals surface area contributed by atoms with Crippen LogP contribution < -0.4 is 10.1 Å². The molecule has 3 saturated carbocycles. The Morgan fingerprint density at radius 3 is 2.44 bits per heavy atom. The summed E-state index contributed by atoms with van der Waals surface area (Å²) >= 11 is 0. The van der Waals surface area contributed by atoms with Gasteiger partial charge in [-0.3, -0.25) is 14.8 Å². The van der Waals surface area contributed by atoms with Gasteiger partial charge in [-0.2, -0.15) is 0 Å². The molecule has 4 aliphatic rings. The molecule has 0 aromatic carbocycles. The number of hydrogen-bond acceptors (Lipinski definition) is 10. The summed E-state index contributed by atoms with van der Waals surface area (Å²) in [6, 6.07) is 7.86. The second-order valence-electron chi connectivity index (χ2n) is 14.4. The van der Waals surface area contributed by atoms with Crippen molar-refractivity contribution < 1.29 is 33.3 Å². The highest BCUT2D eigenvalue weighted by molar-refractivity contribution is 5.79. The molecule has 12 nitrogen and oxygen atoms in total. The summed E-state index contributed by atoms with van der Waals surface area (Å²) < 4.78 is 22.5. The maximum atomic E-state index is 13.9. The van der Waals surface area contributed by atoms with Crippen LogP contribution in [0.25, 0.3) is 11.3 Å². The largest absolute Gasteiger partial charge is 0.495 e. The molecule has 4 heterocycles. The molecule has 1 saturated heterocycles. The fourth-order valence-corrected chi connectivity index (χ4v) is 7.75. The van der Waals surface area contributed by atoms with Gasteiger partial charge in [-0.05, 0) is 101 Å². The zero-order chi connectivity index (χ0) is 34.6. The third-order valence-corrected chi connectivity index (χ3v) is 10.9. The minimum Gasteiger partial charge on any atom is -0.495 e. The lowest BCUT2D eigenvalue weighted by atomic mass is 9.76. The van der Waals surface area contributed by atoms with E-state index >= 15 is 0 Å². The van der Waals surface area contributed by atoms with Crippen LogP contribution in [0.1, 0.15) is 105 Å². The highest BCUT2D eigenvalue weighted by Gasteiger charge is 2.37. The molecular formula is C38H49N5O7. The number of rotatable bonds is 12. The average molecular weight is 688 g/mol. The zero-order valence-electron chi connectivity index (χ0n) is 29.1. The van der Waals surface area contributed by atoms with Gasteiger partial charge in [0, 0.05) is 35.2 Å². The van der Waals surface area contributed by atoms with Crippen LogP contribution in [0.15, 0.2) is 41.1 Å². The van der Waals surface area contributed by atoms with Crippen LogP contribution in [0.4, 0.5) is 4.79 Å². The maximum absolute atomic E-state index is 13.9. The predicted molar refractivity (Wildman–Crippen MR) is 183 cm³/mol. The van der Waals surface area contributed by atoms with Gasteiger partial charge in [0.15, 0.2) is 5.89 Å². The van der Waals surface area contributed by atoms with E-state index in [1.165, 1.54) is 0 Å². The lowest BCUT2D eigenvalue weighted by Gasteiger charge is -2.39. The molecule has 1 unspecified atom stereocenters. The van der Waals surface area contributed by atoms with Crippen molar-refractivity contribution in [1.82, 2.24) is 25.2 Å². The Morgan fingerprint density at radius 1 is 0.980 bits per heavy atom. The van der Waals surface area contributed by atoms with E-state index in [9.17, 15) is 9.59 Å². The van der Waals surface area contributed by atoms with Gasteiger partial charge in [0.1, 0.15) is 23.8 Å². The molecule has 2 N–H and O–H groups in total. The van der Waals surface area contributed by atoms with E-state index in [0.717, 1.165) is 78.5 Å². The van der Waals surface area contributed by atoms with Gasteiger partial charge in [-0.1, -0.05) is 0 Å². The minimum absolute atomic E-state index is 0.0330. The first kappa shape index (κ1) is 34.4. The van der Waals surface area contributed by atoms with Crippen molar-refractivity contribution in [2.24, 2.45) is 11.8 Å². The fraction of sp³-hybridized carbons (Fsp3) is 0.605.